The zero-order valence-corrected chi connectivity index (χ0v) is 8.17. The Morgan fingerprint density at radius 3 is 2.00 bits per heavy atom. The van der Waals surface area contributed by atoms with Crippen LogP contribution in [0.3, 0.4) is 0 Å². The van der Waals surface area contributed by atoms with Crippen molar-refractivity contribution in [2.75, 3.05) is 0 Å². The first kappa shape index (κ1) is 8.58. The van der Waals surface area contributed by atoms with E-state index in [0.29, 0.717) is 0 Å². The van der Waals surface area contributed by atoms with Crippen molar-refractivity contribution in [3.05, 3.63) is 0 Å². The van der Waals surface area contributed by atoms with E-state index < -0.39 is 5.54 Å². The van der Waals surface area contributed by atoms with Crippen LogP contribution in [0.25, 0.3) is 0 Å². The number of hydrogen-bond donors (Lipinski definition) is 0. The maximum absolute atomic E-state index is 11.3. The van der Waals surface area contributed by atoms with Crippen LogP contribution < -0.4 is 0 Å². The number of rotatable bonds is 0. The zero-order chi connectivity index (χ0) is 8.81. The number of urea groups is 1. The predicted molar refractivity (Wildman–Crippen MR) is 45.6 cm³/mol. The second-order valence-electron chi connectivity index (χ2n) is 2.99. The van der Waals surface area contributed by atoms with Gasteiger partial charge in [0.05, 0.1) is 16.1 Å². The van der Waals surface area contributed by atoms with Gasteiger partial charge in [0.25, 0.3) is 5.91 Å². The van der Waals surface area contributed by atoms with Crippen LogP contribution in [-0.2, 0) is 4.79 Å². The monoisotopic (exact) mass is 218 g/mol. The summed E-state index contributed by atoms with van der Waals surface area (Å²) < 4.78 is 0.951. The van der Waals surface area contributed by atoms with Crippen LogP contribution >= 0.6 is 16.1 Å². The van der Waals surface area contributed by atoms with Crippen LogP contribution in [0.4, 0.5) is 4.79 Å². The van der Waals surface area contributed by atoms with Gasteiger partial charge in [0.15, 0.2) is 0 Å². The van der Waals surface area contributed by atoms with Crippen molar-refractivity contribution in [2.24, 2.45) is 0 Å². The molecule has 0 saturated carbocycles. The van der Waals surface area contributed by atoms with Gasteiger partial charge in [0, 0.05) is 0 Å². The molecule has 1 saturated heterocycles. The summed E-state index contributed by atoms with van der Waals surface area (Å²) in [5.41, 5.74) is -0.722. The van der Waals surface area contributed by atoms with Gasteiger partial charge in [-0.15, -0.1) is 0 Å². The average Bonchev–Trinajstić information content (AvgIpc) is 2.06. The Morgan fingerprint density at radius 1 is 1.45 bits per heavy atom. The van der Waals surface area contributed by atoms with E-state index >= 15 is 0 Å². The van der Waals surface area contributed by atoms with Crippen LogP contribution in [0, 0.1) is 0 Å². The third kappa shape index (κ3) is 0.963. The minimum absolute atomic E-state index is 0.231. The van der Waals surface area contributed by atoms with E-state index in [1.54, 1.807) is 21.8 Å². The number of halogens is 1. The summed E-state index contributed by atoms with van der Waals surface area (Å²) >= 11 is 2.88. The van der Waals surface area contributed by atoms with Crippen LogP contribution in [0.1, 0.15) is 13.8 Å². The van der Waals surface area contributed by atoms with Gasteiger partial charge in [0.1, 0.15) is 5.54 Å². The van der Waals surface area contributed by atoms with E-state index in [1.807, 2.05) is 0 Å². The Morgan fingerprint density at radius 2 is 1.91 bits per heavy atom. The predicted octanol–water partition coefficient (Wildman–Crippen LogP) is -0.113. The molecular weight excluding hydrogens is 211 g/mol. The molecule has 0 radical (unpaired) electrons. The maximum Gasteiger partial charge on any atom is 0.325 e. The molecular formula is C5H8BBrN2O2. The smallest absolute Gasteiger partial charge is 0.325 e. The van der Waals surface area contributed by atoms with Crippen molar-refractivity contribution < 1.29 is 9.59 Å². The molecule has 0 unspecified atom stereocenters. The second-order valence-corrected chi connectivity index (χ2v) is 3.70. The molecule has 0 spiro atoms. The molecule has 1 heterocycles. The Hall–Kier alpha value is -0.515. The highest BCUT2D eigenvalue weighted by Gasteiger charge is 2.47. The molecule has 1 rings (SSSR count). The fourth-order valence-corrected chi connectivity index (χ4v) is 1.51. The van der Waals surface area contributed by atoms with Gasteiger partial charge in [-0.2, -0.15) is 3.93 Å². The summed E-state index contributed by atoms with van der Waals surface area (Å²) in [5, 5.41) is 0. The highest BCUT2D eigenvalue weighted by atomic mass is 79.9. The number of carbonyl (C=O) groups is 2. The maximum atomic E-state index is 11.3. The lowest BCUT2D eigenvalue weighted by Crippen LogP contribution is -2.42. The summed E-state index contributed by atoms with van der Waals surface area (Å²) in [5.74, 6) is -0.231. The summed E-state index contributed by atoms with van der Waals surface area (Å²) in [6.45, 7) is 3.41. The van der Waals surface area contributed by atoms with Gasteiger partial charge in [-0.25, -0.2) is 4.79 Å². The van der Waals surface area contributed by atoms with E-state index in [2.05, 4.69) is 16.1 Å². The second kappa shape index (κ2) is 2.23. The molecule has 60 valence electrons. The van der Waals surface area contributed by atoms with E-state index in [-0.39, 0.29) is 11.9 Å². The van der Waals surface area contributed by atoms with Crippen LogP contribution in [0.5, 0.6) is 0 Å². The van der Waals surface area contributed by atoms with Gasteiger partial charge in [-0.3, -0.25) is 4.79 Å². The number of hydrogen-bond acceptors (Lipinski definition) is 2. The molecule has 0 N–H and O–H groups in total. The molecule has 1 aliphatic heterocycles. The highest BCUT2D eigenvalue weighted by molar-refractivity contribution is 9.08. The largest absolute Gasteiger partial charge is 0.362 e. The first-order valence-electron chi connectivity index (χ1n) is 3.17. The van der Waals surface area contributed by atoms with Crippen LogP contribution in [0.2, 0.25) is 0 Å². The summed E-state index contributed by atoms with van der Waals surface area (Å²) in [6, 6.07) is -0.319. The molecule has 0 aromatic carbocycles. The summed E-state index contributed by atoms with van der Waals surface area (Å²) in [7, 11) is 1.60. The average molecular weight is 219 g/mol. The van der Waals surface area contributed by atoms with E-state index in [1.165, 1.54) is 4.81 Å². The van der Waals surface area contributed by atoms with Crippen molar-refractivity contribution in [3.8, 4) is 0 Å². The minimum Gasteiger partial charge on any atom is -0.362 e. The Labute approximate surface area is 74.3 Å². The lowest BCUT2D eigenvalue weighted by molar-refractivity contribution is -0.127. The summed E-state index contributed by atoms with van der Waals surface area (Å²) in [4.78, 5) is 23.8. The van der Waals surface area contributed by atoms with Crippen molar-refractivity contribution in [3.63, 3.8) is 0 Å². The number of carbonyl (C=O) groups excluding carboxylic acids is 2. The molecule has 1 fully saturated rings. The SMILES string of the molecule is BN1C(=O)N(Br)C(=O)C1(C)C. The normalized spacial score (nSPS) is 23.2. The van der Waals surface area contributed by atoms with E-state index in [9.17, 15) is 9.59 Å². The fourth-order valence-electron chi connectivity index (χ4n) is 0.841. The standard InChI is InChI=1S/C5H8BBrN2O2/c1-5(2)3(10)8(7)4(11)9(5)6/h6H2,1-2H3. The number of amides is 3. The quantitative estimate of drug-likeness (QED) is 0.324. The third-order valence-electron chi connectivity index (χ3n) is 2.00. The molecule has 0 aromatic rings. The molecule has 11 heavy (non-hydrogen) atoms. The number of nitrogens with zero attached hydrogens (tertiary/aromatic N) is 2. The van der Waals surface area contributed by atoms with Crippen LogP contribution in [0.15, 0.2) is 0 Å². The lowest BCUT2D eigenvalue weighted by Gasteiger charge is -2.23. The minimum atomic E-state index is -0.722. The molecule has 6 heteroatoms. The Kier molecular flexibility index (Phi) is 1.74. The first-order chi connectivity index (χ1) is 4.89. The van der Waals surface area contributed by atoms with Crippen LogP contribution in [-0.4, -0.2) is 34.2 Å². The third-order valence-corrected chi connectivity index (χ3v) is 2.62. The van der Waals surface area contributed by atoms with Gasteiger partial charge in [-0.05, 0) is 13.8 Å². The molecule has 0 aromatic heterocycles. The van der Waals surface area contributed by atoms with Crippen molar-refractivity contribution >= 4 is 36.1 Å². The Balaban J connectivity index is 3.06. The molecule has 0 bridgehead atoms. The topological polar surface area (TPSA) is 40.6 Å². The van der Waals surface area contributed by atoms with Gasteiger partial charge < -0.3 is 4.81 Å². The van der Waals surface area contributed by atoms with Gasteiger partial charge in [0.2, 0.25) is 7.98 Å². The van der Waals surface area contributed by atoms with Crippen molar-refractivity contribution in [1.29, 1.82) is 0 Å². The molecule has 0 aliphatic carbocycles. The molecule has 0 atom stereocenters. The highest BCUT2D eigenvalue weighted by Crippen LogP contribution is 2.27. The summed E-state index contributed by atoms with van der Waals surface area (Å²) in [6.07, 6.45) is 0. The fraction of sp³-hybridized carbons (Fsp3) is 0.600. The molecule has 3 amide bonds. The van der Waals surface area contributed by atoms with E-state index in [0.717, 1.165) is 3.93 Å². The molecule has 4 nitrogen and oxygen atoms in total. The first-order valence-corrected chi connectivity index (χ1v) is 3.88. The number of imide groups is 1. The van der Waals surface area contributed by atoms with Gasteiger partial charge in [-0.1, -0.05) is 0 Å². The van der Waals surface area contributed by atoms with Gasteiger partial charge >= 0.3 is 6.03 Å². The van der Waals surface area contributed by atoms with Crippen molar-refractivity contribution in [1.82, 2.24) is 8.74 Å². The lowest BCUT2D eigenvalue weighted by atomic mass is 10.0. The molecule has 1 aliphatic rings. The van der Waals surface area contributed by atoms with E-state index in [4.69, 9.17) is 0 Å². The Bertz CT molecular complexity index is 231. The zero-order valence-electron chi connectivity index (χ0n) is 6.59. The van der Waals surface area contributed by atoms with Crippen molar-refractivity contribution in [2.45, 2.75) is 19.4 Å².